The van der Waals surface area contributed by atoms with Crippen LogP contribution in [0.5, 0.6) is 0 Å². The second-order valence-electron chi connectivity index (χ2n) is 5.84. The summed E-state index contributed by atoms with van der Waals surface area (Å²) in [4.78, 5) is 26.1. The van der Waals surface area contributed by atoms with E-state index in [0.717, 1.165) is 11.3 Å². The van der Waals surface area contributed by atoms with Crippen molar-refractivity contribution in [3.8, 4) is 0 Å². The highest BCUT2D eigenvalue weighted by atomic mass is 32.2. The zero-order valence-corrected chi connectivity index (χ0v) is 13.4. The molecule has 4 nitrogen and oxygen atoms in total. The topological polar surface area (TPSA) is 57.6 Å². The number of likely N-dealkylation sites (tertiary alicyclic amines) is 1. The van der Waals surface area contributed by atoms with Gasteiger partial charge in [-0.1, -0.05) is 0 Å². The molecule has 0 radical (unpaired) electrons. The lowest BCUT2D eigenvalue weighted by Gasteiger charge is -2.37. The van der Waals surface area contributed by atoms with Gasteiger partial charge in [0.25, 0.3) is 0 Å². The molecule has 1 aliphatic heterocycles. The molecule has 1 N–H and O–H groups in total. The summed E-state index contributed by atoms with van der Waals surface area (Å²) in [5, 5.41) is 9.27. The van der Waals surface area contributed by atoms with Crippen molar-refractivity contribution in [3.05, 3.63) is 30.1 Å². The number of carbonyl (C=O) groups is 2. The van der Waals surface area contributed by atoms with Gasteiger partial charge < -0.3 is 10.0 Å². The van der Waals surface area contributed by atoms with Crippen molar-refractivity contribution in [2.45, 2.75) is 31.1 Å². The molecule has 2 rings (SSSR count). The second kappa shape index (κ2) is 7.13. The van der Waals surface area contributed by atoms with Crippen LogP contribution in [-0.2, 0) is 9.59 Å². The summed E-state index contributed by atoms with van der Waals surface area (Å²) in [6.07, 6.45) is 1.69. The lowest BCUT2D eigenvalue weighted by Crippen LogP contribution is -2.48. The van der Waals surface area contributed by atoms with Crippen molar-refractivity contribution < 1.29 is 19.1 Å². The van der Waals surface area contributed by atoms with Crippen LogP contribution in [0.25, 0.3) is 0 Å². The average Bonchev–Trinajstić information content (AvgIpc) is 2.49. The maximum atomic E-state index is 12.8. The number of carbonyl (C=O) groups excluding carboxylic acids is 1. The fourth-order valence-electron chi connectivity index (χ4n) is 2.57. The Morgan fingerprint density at radius 3 is 2.68 bits per heavy atom. The minimum atomic E-state index is -0.842. The van der Waals surface area contributed by atoms with Crippen LogP contribution < -0.4 is 0 Å². The van der Waals surface area contributed by atoms with Gasteiger partial charge in [0.2, 0.25) is 5.91 Å². The predicted molar refractivity (Wildman–Crippen MR) is 83.3 cm³/mol. The van der Waals surface area contributed by atoms with E-state index in [1.807, 2.05) is 0 Å². The Morgan fingerprint density at radius 2 is 2.05 bits per heavy atom. The first-order chi connectivity index (χ1) is 10.4. The Kier molecular flexibility index (Phi) is 5.45. The van der Waals surface area contributed by atoms with E-state index < -0.39 is 11.4 Å². The van der Waals surface area contributed by atoms with E-state index in [9.17, 15) is 19.1 Å². The van der Waals surface area contributed by atoms with Crippen molar-refractivity contribution in [2.24, 2.45) is 5.41 Å². The summed E-state index contributed by atoms with van der Waals surface area (Å²) < 4.78 is 12.8. The second-order valence-corrected chi connectivity index (χ2v) is 7.01. The summed E-state index contributed by atoms with van der Waals surface area (Å²) in [6, 6.07) is 6.17. The van der Waals surface area contributed by atoms with Crippen molar-refractivity contribution in [1.82, 2.24) is 4.90 Å². The number of hydrogen-bond acceptors (Lipinski definition) is 3. The smallest absolute Gasteiger partial charge is 0.311 e. The third-order valence-electron chi connectivity index (χ3n) is 3.96. The van der Waals surface area contributed by atoms with Crippen LogP contribution >= 0.6 is 11.8 Å². The molecule has 0 spiro atoms. The molecule has 1 aliphatic rings. The first kappa shape index (κ1) is 16.8. The van der Waals surface area contributed by atoms with E-state index in [4.69, 9.17) is 0 Å². The van der Waals surface area contributed by atoms with Gasteiger partial charge in [-0.2, -0.15) is 0 Å². The SMILES string of the molecule is CC1(C(=O)O)CCCN(C(=O)CCSc2ccc(F)cc2)C1. The molecule has 1 amide bonds. The summed E-state index contributed by atoms with van der Waals surface area (Å²) >= 11 is 1.50. The Hall–Kier alpha value is -1.56. The van der Waals surface area contributed by atoms with Gasteiger partial charge in [0, 0.05) is 30.2 Å². The zero-order valence-electron chi connectivity index (χ0n) is 12.5. The van der Waals surface area contributed by atoms with Gasteiger partial charge in [0.1, 0.15) is 5.82 Å². The Morgan fingerprint density at radius 1 is 1.36 bits per heavy atom. The van der Waals surface area contributed by atoms with Crippen molar-refractivity contribution in [1.29, 1.82) is 0 Å². The molecule has 1 aromatic rings. The molecule has 120 valence electrons. The number of carboxylic acid groups (broad SMARTS) is 1. The van der Waals surface area contributed by atoms with Crippen LogP contribution in [0.2, 0.25) is 0 Å². The summed E-state index contributed by atoms with van der Waals surface area (Å²) in [7, 11) is 0. The number of benzene rings is 1. The number of amides is 1. The molecule has 0 aromatic heterocycles. The zero-order chi connectivity index (χ0) is 16.2. The molecule has 6 heteroatoms. The fraction of sp³-hybridized carbons (Fsp3) is 0.500. The minimum Gasteiger partial charge on any atom is -0.481 e. The normalized spacial score (nSPS) is 21.6. The van der Waals surface area contributed by atoms with E-state index in [1.54, 1.807) is 24.0 Å². The van der Waals surface area contributed by atoms with Gasteiger partial charge in [0.05, 0.1) is 5.41 Å². The molecule has 1 unspecified atom stereocenters. The van der Waals surface area contributed by atoms with Crippen LogP contribution in [0, 0.1) is 11.2 Å². The molecule has 1 aromatic carbocycles. The number of thioether (sulfide) groups is 1. The monoisotopic (exact) mass is 325 g/mol. The van der Waals surface area contributed by atoms with E-state index >= 15 is 0 Å². The molecule has 1 fully saturated rings. The standard InChI is InChI=1S/C16H20FNO3S/c1-16(15(20)21)8-2-9-18(11-16)14(19)7-10-22-13-5-3-12(17)4-6-13/h3-6H,2,7-11H2,1H3,(H,20,21). The lowest BCUT2D eigenvalue weighted by molar-refractivity contribution is -0.153. The minimum absolute atomic E-state index is 0.0122. The molecule has 1 atom stereocenters. The lowest BCUT2D eigenvalue weighted by atomic mass is 9.82. The molecule has 0 bridgehead atoms. The van der Waals surface area contributed by atoms with E-state index in [-0.39, 0.29) is 18.3 Å². The number of aliphatic carboxylic acids is 1. The van der Waals surface area contributed by atoms with Crippen molar-refractivity contribution in [3.63, 3.8) is 0 Å². The van der Waals surface area contributed by atoms with Crippen LogP contribution in [0.1, 0.15) is 26.2 Å². The summed E-state index contributed by atoms with van der Waals surface area (Å²) in [5.74, 6) is -0.528. The highest BCUT2D eigenvalue weighted by molar-refractivity contribution is 7.99. The van der Waals surface area contributed by atoms with Crippen LogP contribution in [0.15, 0.2) is 29.2 Å². The molecule has 1 saturated heterocycles. The van der Waals surface area contributed by atoms with E-state index in [2.05, 4.69) is 0 Å². The third-order valence-corrected chi connectivity index (χ3v) is 4.98. The third kappa shape index (κ3) is 4.22. The van der Waals surface area contributed by atoms with Gasteiger partial charge >= 0.3 is 5.97 Å². The molecule has 1 heterocycles. The summed E-state index contributed by atoms with van der Waals surface area (Å²) in [6.45, 7) is 2.60. The van der Waals surface area contributed by atoms with Gasteiger partial charge in [0.15, 0.2) is 0 Å². The number of nitrogens with zero attached hydrogens (tertiary/aromatic N) is 1. The highest BCUT2D eigenvalue weighted by Gasteiger charge is 2.39. The predicted octanol–water partition coefficient (Wildman–Crippen LogP) is 3.02. The molecule has 0 saturated carbocycles. The molecular weight excluding hydrogens is 305 g/mol. The number of halogens is 1. The largest absolute Gasteiger partial charge is 0.481 e. The van der Waals surface area contributed by atoms with Crippen molar-refractivity contribution in [2.75, 3.05) is 18.8 Å². The van der Waals surface area contributed by atoms with Gasteiger partial charge in [-0.05, 0) is 44.0 Å². The van der Waals surface area contributed by atoms with E-state index in [1.165, 1.54) is 23.9 Å². The Bertz CT molecular complexity index is 549. The first-order valence-corrected chi connectivity index (χ1v) is 8.29. The maximum Gasteiger partial charge on any atom is 0.311 e. The number of piperidine rings is 1. The Balaban J connectivity index is 1.82. The number of hydrogen-bond donors (Lipinski definition) is 1. The quantitative estimate of drug-likeness (QED) is 0.846. The van der Waals surface area contributed by atoms with Crippen molar-refractivity contribution >= 4 is 23.6 Å². The maximum absolute atomic E-state index is 12.8. The Labute approximate surface area is 133 Å². The molecule has 22 heavy (non-hydrogen) atoms. The first-order valence-electron chi connectivity index (χ1n) is 7.30. The van der Waals surface area contributed by atoms with Crippen LogP contribution in [0.3, 0.4) is 0 Å². The van der Waals surface area contributed by atoms with Crippen LogP contribution in [0.4, 0.5) is 4.39 Å². The van der Waals surface area contributed by atoms with Gasteiger partial charge in [-0.3, -0.25) is 9.59 Å². The summed E-state index contributed by atoms with van der Waals surface area (Å²) in [5.41, 5.74) is -0.835. The molecular formula is C16H20FNO3S. The average molecular weight is 325 g/mol. The number of carboxylic acids is 1. The fourth-order valence-corrected chi connectivity index (χ4v) is 3.41. The van der Waals surface area contributed by atoms with E-state index in [0.29, 0.717) is 25.1 Å². The van der Waals surface area contributed by atoms with Gasteiger partial charge in [-0.15, -0.1) is 11.8 Å². The van der Waals surface area contributed by atoms with Gasteiger partial charge in [-0.25, -0.2) is 4.39 Å². The highest BCUT2D eigenvalue weighted by Crippen LogP contribution is 2.30. The number of rotatable bonds is 5. The molecule has 0 aliphatic carbocycles. The van der Waals surface area contributed by atoms with Crippen LogP contribution in [-0.4, -0.2) is 40.7 Å².